The van der Waals surface area contributed by atoms with E-state index in [4.69, 9.17) is 11.6 Å². The number of carbonyl (C=O) groups is 1. The molecule has 2 heterocycles. The zero-order valence-electron chi connectivity index (χ0n) is 15.2. The normalized spacial score (nSPS) is 14.8. The van der Waals surface area contributed by atoms with Crippen molar-refractivity contribution in [2.45, 2.75) is 37.0 Å². The molecule has 0 aliphatic carbocycles. The van der Waals surface area contributed by atoms with Crippen molar-refractivity contribution in [3.05, 3.63) is 57.9 Å². The Balaban J connectivity index is 2.01. The number of halogens is 6. The SMILES string of the molecule is C[C@@H](NS(=O)(=O)c1c(Cl)c(C(=O)Cc2ccc(F)c(F)c2)n2c1C=CC2)C(F)(F)F. The molecular weight excluding hydrogens is 455 g/mol. The fourth-order valence-electron chi connectivity index (χ4n) is 3.01. The van der Waals surface area contributed by atoms with Gasteiger partial charge in [0.15, 0.2) is 17.4 Å². The molecule has 1 aromatic carbocycles. The lowest BCUT2D eigenvalue weighted by Crippen LogP contribution is -2.43. The van der Waals surface area contributed by atoms with Gasteiger partial charge in [-0.2, -0.15) is 17.9 Å². The van der Waals surface area contributed by atoms with Crippen LogP contribution in [0.3, 0.4) is 0 Å². The monoisotopic (exact) mass is 468 g/mol. The van der Waals surface area contributed by atoms with Crippen LogP contribution in [0.4, 0.5) is 22.0 Å². The summed E-state index contributed by atoms with van der Waals surface area (Å²) >= 11 is 6.14. The van der Waals surface area contributed by atoms with E-state index < -0.39 is 56.0 Å². The third-order valence-corrected chi connectivity index (χ3v) is 6.56. The van der Waals surface area contributed by atoms with Gasteiger partial charge >= 0.3 is 6.18 Å². The summed E-state index contributed by atoms with van der Waals surface area (Å²) in [5.74, 6) is -2.97. The summed E-state index contributed by atoms with van der Waals surface area (Å²) in [5, 5.41) is -0.538. The molecule has 162 valence electrons. The first-order chi connectivity index (χ1) is 13.8. The van der Waals surface area contributed by atoms with Gasteiger partial charge in [-0.05, 0) is 30.7 Å². The summed E-state index contributed by atoms with van der Waals surface area (Å²) in [6.07, 6.45) is -2.42. The van der Waals surface area contributed by atoms with Crippen molar-refractivity contribution in [3.63, 3.8) is 0 Å². The van der Waals surface area contributed by atoms with Crippen LogP contribution in [0.5, 0.6) is 0 Å². The number of hydrogen-bond acceptors (Lipinski definition) is 3. The Morgan fingerprint density at radius 2 is 1.93 bits per heavy atom. The van der Waals surface area contributed by atoms with Crippen molar-refractivity contribution in [1.29, 1.82) is 0 Å². The zero-order valence-corrected chi connectivity index (χ0v) is 16.8. The number of hydrogen-bond donors (Lipinski definition) is 1. The summed E-state index contributed by atoms with van der Waals surface area (Å²) < 4.78 is 92.9. The number of nitrogens with one attached hydrogen (secondary N) is 1. The molecular formula is C18H14ClF5N2O3S. The lowest BCUT2D eigenvalue weighted by atomic mass is 10.1. The Kier molecular flexibility index (Phi) is 5.82. The van der Waals surface area contributed by atoms with Crippen molar-refractivity contribution < 1.29 is 35.2 Å². The smallest absolute Gasteiger partial charge is 0.332 e. The van der Waals surface area contributed by atoms with Gasteiger partial charge in [0.05, 0.1) is 10.7 Å². The minimum absolute atomic E-state index is 0.0458. The molecule has 1 aromatic heterocycles. The topological polar surface area (TPSA) is 68.2 Å². The maximum absolute atomic E-state index is 13.4. The van der Waals surface area contributed by atoms with Crippen LogP contribution in [-0.4, -0.2) is 31.0 Å². The predicted molar refractivity (Wildman–Crippen MR) is 98.7 cm³/mol. The van der Waals surface area contributed by atoms with Crippen LogP contribution >= 0.6 is 11.6 Å². The van der Waals surface area contributed by atoms with Crippen molar-refractivity contribution in [2.24, 2.45) is 0 Å². The number of benzene rings is 1. The Bertz CT molecular complexity index is 1160. The predicted octanol–water partition coefficient (Wildman–Crippen LogP) is 4.10. The number of nitrogens with zero attached hydrogens (tertiary/aromatic N) is 1. The average molecular weight is 469 g/mol. The van der Waals surface area contributed by atoms with Crippen LogP contribution in [0.2, 0.25) is 5.02 Å². The first-order valence-corrected chi connectivity index (χ1v) is 10.3. The Labute approximate surface area is 173 Å². The highest BCUT2D eigenvalue weighted by molar-refractivity contribution is 7.89. The molecule has 1 N–H and O–H groups in total. The fraction of sp³-hybridized carbons (Fsp3) is 0.278. The van der Waals surface area contributed by atoms with Crippen LogP contribution in [0.15, 0.2) is 29.2 Å². The molecule has 1 atom stereocenters. The Morgan fingerprint density at radius 3 is 2.53 bits per heavy atom. The number of fused-ring (bicyclic) bond motifs is 1. The van der Waals surface area contributed by atoms with Crippen LogP contribution in [0.25, 0.3) is 6.08 Å². The highest BCUT2D eigenvalue weighted by Gasteiger charge is 2.41. The number of carbonyl (C=O) groups excluding carboxylic acids is 1. The van der Waals surface area contributed by atoms with Crippen molar-refractivity contribution in [1.82, 2.24) is 9.29 Å². The summed E-state index contributed by atoms with van der Waals surface area (Å²) in [5.41, 5.74) is -0.179. The molecule has 0 saturated heterocycles. The van der Waals surface area contributed by atoms with E-state index in [2.05, 4.69) is 0 Å². The molecule has 1 aliphatic heterocycles. The highest BCUT2D eigenvalue weighted by atomic mass is 35.5. The van der Waals surface area contributed by atoms with E-state index in [-0.39, 0.29) is 23.5 Å². The van der Waals surface area contributed by atoms with E-state index in [1.165, 1.54) is 27.5 Å². The summed E-state index contributed by atoms with van der Waals surface area (Å²) in [7, 11) is -4.73. The number of aromatic nitrogens is 1. The molecule has 0 spiro atoms. The summed E-state index contributed by atoms with van der Waals surface area (Å²) in [4.78, 5) is 12.1. The van der Waals surface area contributed by atoms with Crippen LogP contribution in [0, 0.1) is 11.6 Å². The number of allylic oxidation sites excluding steroid dienone is 1. The van der Waals surface area contributed by atoms with E-state index >= 15 is 0 Å². The number of Topliss-reactive ketones (excluding diaryl/α,β-unsaturated/α-hetero) is 1. The summed E-state index contributed by atoms with van der Waals surface area (Å²) in [6.45, 7) is 0.699. The van der Waals surface area contributed by atoms with Gasteiger partial charge in [-0.3, -0.25) is 4.79 Å². The number of rotatable bonds is 6. The van der Waals surface area contributed by atoms with E-state index in [1.807, 2.05) is 0 Å². The molecule has 0 bridgehead atoms. The maximum atomic E-state index is 13.4. The first-order valence-electron chi connectivity index (χ1n) is 8.47. The molecule has 2 aromatic rings. The molecule has 30 heavy (non-hydrogen) atoms. The number of sulfonamides is 1. The largest absolute Gasteiger partial charge is 0.404 e. The van der Waals surface area contributed by atoms with Gasteiger partial charge in [0.2, 0.25) is 10.0 Å². The highest BCUT2D eigenvalue weighted by Crippen LogP contribution is 2.37. The minimum atomic E-state index is -4.83. The molecule has 0 amide bonds. The molecule has 0 unspecified atom stereocenters. The van der Waals surface area contributed by atoms with Gasteiger partial charge in [0.1, 0.15) is 16.6 Å². The second-order valence-electron chi connectivity index (χ2n) is 6.62. The quantitative estimate of drug-likeness (QED) is 0.512. The minimum Gasteiger partial charge on any atom is -0.332 e. The lowest BCUT2D eigenvalue weighted by molar-refractivity contribution is -0.147. The fourth-order valence-corrected chi connectivity index (χ4v) is 5.12. The van der Waals surface area contributed by atoms with Gasteiger partial charge in [-0.1, -0.05) is 23.7 Å². The Morgan fingerprint density at radius 1 is 1.27 bits per heavy atom. The maximum Gasteiger partial charge on any atom is 0.404 e. The van der Waals surface area contributed by atoms with E-state index in [1.54, 1.807) is 0 Å². The molecule has 0 fully saturated rings. The standard InChI is InChI=1S/C18H14ClF5N2O3S/c1-9(18(22,23)24)25-30(28,29)17-13-3-2-6-26(13)16(15(17)19)14(27)8-10-4-5-11(20)12(21)7-10/h2-5,7,9,25H,6,8H2,1H3/t9-/m1/s1. The third kappa shape index (κ3) is 4.14. The molecule has 0 radical (unpaired) electrons. The Hall–Kier alpha value is -2.24. The van der Waals surface area contributed by atoms with E-state index in [0.29, 0.717) is 6.92 Å². The second-order valence-corrected chi connectivity index (χ2v) is 8.65. The third-order valence-electron chi connectivity index (χ3n) is 4.47. The summed E-state index contributed by atoms with van der Waals surface area (Å²) in [6, 6.07) is 0.445. The van der Waals surface area contributed by atoms with Crippen LogP contribution < -0.4 is 4.72 Å². The zero-order chi connectivity index (χ0) is 22.4. The van der Waals surface area contributed by atoms with Crippen LogP contribution in [-0.2, 0) is 23.0 Å². The molecule has 5 nitrogen and oxygen atoms in total. The number of alkyl halides is 3. The van der Waals surface area contributed by atoms with Gasteiger partial charge in [0.25, 0.3) is 0 Å². The second kappa shape index (κ2) is 7.78. The average Bonchev–Trinajstić information content (AvgIpc) is 3.15. The van der Waals surface area contributed by atoms with Gasteiger partial charge in [-0.15, -0.1) is 0 Å². The molecule has 3 rings (SSSR count). The molecule has 1 aliphatic rings. The van der Waals surface area contributed by atoms with Crippen molar-refractivity contribution in [2.75, 3.05) is 0 Å². The van der Waals surface area contributed by atoms with Gasteiger partial charge in [0, 0.05) is 13.0 Å². The van der Waals surface area contributed by atoms with Crippen molar-refractivity contribution in [3.8, 4) is 0 Å². The van der Waals surface area contributed by atoms with E-state index in [9.17, 15) is 35.2 Å². The first kappa shape index (κ1) is 22.4. The van der Waals surface area contributed by atoms with Gasteiger partial charge in [-0.25, -0.2) is 17.2 Å². The van der Waals surface area contributed by atoms with Crippen molar-refractivity contribution >= 4 is 33.5 Å². The van der Waals surface area contributed by atoms with E-state index in [0.717, 1.165) is 12.1 Å². The van der Waals surface area contributed by atoms with Gasteiger partial charge < -0.3 is 4.57 Å². The van der Waals surface area contributed by atoms with Crippen LogP contribution in [0.1, 0.15) is 28.7 Å². The lowest BCUT2D eigenvalue weighted by Gasteiger charge is -2.17. The molecule has 0 saturated carbocycles. The number of ketones is 1. The molecule has 12 heteroatoms.